The molecule has 4 rings (SSSR count). The molecule has 0 saturated carbocycles. The topological polar surface area (TPSA) is 79.7 Å². The summed E-state index contributed by atoms with van der Waals surface area (Å²) in [6.45, 7) is 3.64. The van der Waals surface area contributed by atoms with Crippen LogP contribution < -0.4 is 9.64 Å². The third-order valence-corrected chi connectivity index (χ3v) is 6.30. The van der Waals surface area contributed by atoms with Crippen LogP contribution in [0.15, 0.2) is 54.1 Å². The third kappa shape index (κ3) is 3.48. The second-order valence-corrected chi connectivity index (χ2v) is 8.24. The number of aromatic nitrogens is 1. The molecule has 2 aromatic carbocycles. The van der Waals surface area contributed by atoms with Gasteiger partial charge in [0.1, 0.15) is 23.4 Å². The van der Waals surface area contributed by atoms with E-state index in [1.165, 1.54) is 41.5 Å². The maximum Gasteiger partial charge on any atom is 0.301 e. The van der Waals surface area contributed by atoms with Gasteiger partial charge < -0.3 is 9.84 Å². The zero-order valence-electron chi connectivity index (χ0n) is 17.0. The molecule has 31 heavy (non-hydrogen) atoms. The van der Waals surface area contributed by atoms with Crippen LogP contribution in [0.25, 0.3) is 5.76 Å². The molecule has 3 aromatic rings. The van der Waals surface area contributed by atoms with Gasteiger partial charge in [-0.05, 0) is 44.2 Å². The summed E-state index contributed by atoms with van der Waals surface area (Å²) in [5, 5.41) is 11.3. The quantitative estimate of drug-likeness (QED) is 0.368. The second-order valence-electron chi connectivity index (χ2n) is 7.06. The number of ketones is 1. The number of thiazole rings is 1. The predicted octanol–water partition coefficient (Wildman–Crippen LogP) is 4.53. The third-order valence-electron chi connectivity index (χ3n) is 5.23. The Morgan fingerprint density at radius 1 is 1.13 bits per heavy atom. The van der Waals surface area contributed by atoms with Crippen molar-refractivity contribution < 1.29 is 23.8 Å². The molecular weight excluding hydrogens is 419 g/mol. The summed E-state index contributed by atoms with van der Waals surface area (Å²) in [6, 6.07) is 11.1. The number of benzene rings is 2. The van der Waals surface area contributed by atoms with Crippen LogP contribution in [0.3, 0.4) is 0 Å². The van der Waals surface area contributed by atoms with E-state index in [2.05, 4.69) is 4.98 Å². The number of methoxy groups -OCH3 is 1. The predicted molar refractivity (Wildman–Crippen MR) is 116 cm³/mol. The van der Waals surface area contributed by atoms with Gasteiger partial charge in [0, 0.05) is 16.0 Å². The molecular formula is C23H19FN2O4S. The van der Waals surface area contributed by atoms with Crippen LogP contribution >= 0.6 is 11.3 Å². The summed E-state index contributed by atoms with van der Waals surface area (Å²) in [5.41, 5.74) is 0.934. The maximum atomic E-state index is 14.8. The summed E-state index contributed by atoms with van der Waals surface area (Å²) in [6.07, 6.45) is 0. The molecule has 158 valence electrons. The molecule has 0 bridgehead atoms. The molecule has 1 aliphatic rings. The molecule has 0 spiro atoms. The van der Waals surface area contributed by atoms with Crippen molar-refractivity contribution in [1.82, 2.24) is 4.98 Å². The van der Waals surface area contributed by atoms with Gasteiger partial charge in [0.25, 0.3) is 5.78 Å². The first-order chi connectivity index (χ1) is 14.8. The summed E-state index contributed by atoms with van der Waals surface area (Å²) in [7, 11) is 1.51. The molecule has 1 saturated heterocycles. The van der Waals surface area contributed by atoms with E-state index in [0.717, 1.165) is 4.88 Å². The lowest BCUT2D eigenvalue weighted by atomic mass is 9.95. The number of aliphatic hydroxyl groups excluding tert-OH is 1. The number of aliphatic hydroxyl groups is 1. The van der Waals surface area contributed by atoms with E-state index in [1.54, 1.807) is 37.3 Å². The van der Waals surface area contributed by atoms with Gasteiger partial charge in [0.2, 0.25) is 0 Å². The summed E-state index contributed by atoms with van der Waals surface area (Å²) < 4.78 is 19.9. The Bertz CT molecular complexity index is 1200. The van der Waals surface area contributed by atoms with Crippen molar-refractivity contribution in [2.75, 3.05) is 12.0 Å². The Kier molecular flexibility index (Phi) is 5.32. The van der Waals surface area contributed by atoms with Crippen LogP contribution in [0.4, 0.5) is 9.52 Å². The minimum Gasteiger partial charge on any atom is -0.507 e. The lowest BCUT2D eigenvalue weighted by molar-refractivity contribution is -0.132. The van der Waals surface area contributed by atoms with Gasteiger partial charge >= 0.3 is 5.91 Å². The van der Waals surface area contributed by atoms with Gasteiger partial charge in [-0.25, -0.2) is 9.37 Å². The first kappa shape index (κ1) is 20.7. The van der Waals surface area contributed by atoms with E-state index in [1.807, 2.05) is 6.92 Å². The maximum absolute atomic E-state index is 14.8. The standard InChI is InChI=1S/C23H19FN2O4S/c1-12-13(2)31-23(25-12)26-19(16-6-4-5-7-17(16)24)18(21(28)22(26)29)20(27)14-8-10-15(30-3)11-9-14/h4-11,19,27H,1-3H3/b20-18+/t19-/m1/s1. The van der Waals surface area contributed by atoms with Crippen molar-refractivity contribution in [3.63, 3.8) is 0 Å². The van der Waals surface area contributed by atoms with Crippen LogP contribution in [0.2, 0.25) is 0 Å². The summed E-state index contributed by atoms with van der Waals surface area (Å²) in [4.78, 5) is 32.5. The molecule has 2 heterocycles. The van der Waals surface area contributed by atoms with Crippen molar-refractivity contribution in [3.05, 3.63) is 81.6 Å². The first-order valence-electron chi connectivity index (χ1n) is 9.47. The minimum atomic E-state index is -1.15. The normalized spacial score (nSPS) is 17.9. The van der Waals surface area contributed by atoms with Crippen LogP contribution in [0.5, 0.6) is 5.75 Å². The van der Waals surface area contributed by atoms with Crippen LogP contribution in [0.1, 0.15) is 27.7 Å². The molecule has 1 fully saturated rings. The van der Waals surface area contributed by atoms with E-state index in [4.69, 9.17) is 4.74 Å². The van der Waals surface area contributed by atoms with Crippen molar-refractivity contribution in [2.24, 2.45) is 0 Å². The molecule has 1 aliphatic heterocycles. The fourth-order valence-corrected chi connectivity index (χ4v) is 4.42. The van der Waals surface area contributed by atoms with Crippen LogP contribution in [-0.2, 0) is 9.59 Å². The summed E-state index contributed by atoms with van der Waals surface area (Å²) >= 11 is 1.23. The Balaban J connectivity index is 1.95. The van der Waals surface area contributed by atoms with Gasteiger partial charge in [-0.2, -0.15) is 0 Å². The SMILES string of the molecule is COc1ccc(/C(O)=C2\C(=O)C(=O)N(c3nc(C)c(C)s3)[C@@H]2c2ccccc2F)cc1. The summed E-state index contributed by atoms with van der Waals surface area (Å²) in [5.74, 6) is -2.17. The molecule has 1 aromatic heterocycles. The fourth-order valence-electron chi connectivity index (χ4n) is 3.48. The Morgan fingerprint density at radius 2 is 1.81 bits per heavy atom. The number of amides is 1. The van der Waals surface area contributed by atoms with Gasteiger partial charge in [0.05, 0.1) is 18.4 Å². The van der Waals surface area contributed by atoms with Crippen molar-refractivity contribution in [1.29, 1.82) is 0 Å². The number of hydrogen-bond donors (Lipinski definition) is 1. The zero-order chi connectivity index (χ0) is 22.3. The molecule has 6 nitrogen and oxygen atoms in total. The number of Topliss-reactive ketones (excluding diaryl/α,β-unsaturated/α-hetero) is 1. The molecule has 1 N–H and O–H groups in total. The Hall–Kier alpha value is -3.52. The molecule has 8 heteroatoms. The van der Waals surface area contributed by atoms with Gasteiger partial charge in [-0.1, -0.05) is 18.2 Å². The largest absolute Gasteiger partial charge is 0.507 e. The highest BCUT2D eigenvalue weighted by molar-refractivity contribution is 7.16. The van der Waals surface area contributed by atoms with E-state index >= 15 is 0 Å². The number of carbonyl (C=O) groups is 2. The van der Waals surface area contributed by atoms with Crippen LogP contribution in [-0.4, -0.2) is 28.9 Å². The minimum absolute atomic E-state index is 0.0993. The first-order valence-corrected chi connectivity index (χ1v) is 10.3. The number of hydrogen-bond acceptors (Lipinski definition) is 6. The molecule has 1 amide bonds. The molecule has 0 aliphatic carbocycles. The highest BCUT2D eigenvalue weighted by Gasteiger charge is 2.49. The Morgan fingerprint density at radius 3 is 2.39 bits per heavy atom. The molecule has 1 atom stereocenters. The van der Waals surface area contributed by atoms with Gasteiger partial charge in [0.15, 0.2) is 5.13 Å². The zero-order valence-corrected chi connectivity index (χ0v) is 17.9. The highest BCUT2D eigenvalue weighted by atomic mass is 32.1. The van der Waals surface area contributed by atoms with Crippen LogP contribution in [0, 0.1) is 19.7 Å². The monoisotopic (exact) mass is 438 g/mol. The number of rotatable bonds is 4. The van der Waals surface area contributed by atoms with E-state index in [9.17, 15) is 19.1 Å². The van der Waals surface area contributed by atoms with E-state index in [0.29, 0.717) is 17.0 Å². The number of aryl methyl sites for hydroxylation is 2. The number of halogens is 1. The molecule has 0 radical (unpaired) electrons. The molecule has 0 unspecified atom stereocenters. The van der Waals surface area contributed by atoms with E-state index < -0.39 is 23.5 Å². The lowest BCUT2D eigenvalue weighted by Gasteiger charge is -2.23. The van der Waals surface area contributed by atoms with Crippen molar-refractivity contribution >= 4 is 33.9 Å². The van der Waals surface area contributed by atoms with E-state index in [-0.39, 0.29) is 22.0 Å². The number of nitrogens with zero attached hydrogens (tertiary/aromatic N) is 2. The number of carbonyl (C=O) groups excluding carboxylic acids is 2. The highest BCUT2D eigenvalue weighted by Crippen LogP contribution is 2.44. The lowest BCUT2D eigenvalue weighted by Crippen LogP contribution is -2.29. The average Bonchev–Trinajstić information content (AvgIpc) is 3.23. The number of ether oxygens (including phenoxy) is 1. The second kappa shape index (κ2) is 7.96. The van der Waals surface area contributed by atoms with Crippen molar-refractivity contribution in [2.45, 2.75) is 19.9 Å². The van der Waals surface area contributed by atoms with Gasteiger partial charge in [-0.15, -0.1) is 11.3 Å². The Labute approximate surface area is 182 Å². The smallest absolute Gasteiger partial charge is 0.301 e. The van der Waals surface area contributed by atoms with Gasteiger partial charge in [-0.3, -0.25) is 14.5 Å². The number of anilines is 1. The fraction of sp³-hybridized carbons (Fsp3) is 0.174. The average molecular weight is 438 g/mol. The van der Waals surface area contributed by atoms with Crippen molar-refractivity contribution in [3.8, 4) is 5.75 Å².